The van der Waals surface area contributed by atoms with E-state index in [0.717, 1.165) is 25.3 Å². The lowest BCUT2D eigenvalue weighted by Crippen LogP contribution is -2.59. The van der Waals surface area contributed by atoms with Gasteiger partial charge in [0.1, 0.15) is 0 Å². The molecule has 0 radical (unpaired) electrons. The lowest BCUT2D eigenvalue weighted by Gasteiger charge is -2.48. The molecule has 0 aliphatic carbocycles. The third-order valence-electron chi connectivity index (χ3n) is 2.75. The van der Waals surface area contributed by atoms with E-state index in [1.54, 1.807) is 0 Å². The Kier molecular flexibility index (Phi) is 1.66. The molecule has 2 nitrogen and oxygen atoms in total. The average Bonchev–Trinajstić information content (AvgIpc) is 1.77. The highest BCUT2D eigenvalue weighted by molar-refractivity contribution is 4.89. The van der Waals surface area contributed by atoms with Crippen LogP contribution < -0.4 is 0 Å². The quantitative estimate of drug-likeness (QED) is 0.565. The highest BCUT2D eigenvalue weighted by Crippen LogP contribution is 2.26. The van der Waals surface area contributed by atoms with E-state index in [-0.39, 0.29) is 0 Å². The summed E-state index contributed by atoms with van der Waals surface area (Å²) in [6.07, 6.45) is 2.73. The van der Waals surface area contributed by atoms with Crippen molar-refractivity contribution in [3.05, 3.63) is 0 Å². The molecule has 2 saturated heterocycles. The second-order valence-electron chi connectivity index (χ2n) is 3.28. The van der Waals surface area contributed by atoms with E-state index in [1.807, 2.05) is 0 Å². The van der Waals surface area contributed by atoms with Crippen LogP contribution in [0.25, 0.3) is 0 Å². The van der Waals surface area contributed by atoms with Crippen LogP contribution in [0.4, 0.5) is 0 Å². The van der Waals surface area contributed by atoms with E-state index >= 15 is 0 Å². The summed E-state index contributed by atoms with van der Waals surface area (Å²) in [5.41, 5.74) is 0. The first kappa shape index (κ1) is 6.62. The summed E-state index contributed by atoms with van der Waals surface area (Å²) in [6.45, 7) is 5.55. The predicted molar refractivity (Wildman–Crippen MR) is 40.0 cm³/mol. The maximum Gasteiger partial charge on any atom is 0.0645 e. The standard InChI is InChI=1S/C8H15NO/c1-2-7-3-4-9(7)8-5-10-6-8/h7-8H,2-6H2,1H3. The van der Waals surface area contributed by atoms with Gasteiger partial charge in [-0.3, -0.25) is 4.90 Å². The first-order chi connectivity index (χ1) is 4.92. The normalized spacial score (nSPS) is 35.1. The van der Waals surface area contributed by atoms with Crippen molar-refractivity contribution in [3.63, 3.8) is 0 Å². The fourth-order valence-electron chi connectivity index (χ4n) is 1.79. The van der Waals surface area contributed by atoms with Crippen molar-refractivity contribution in [2.75, 3.05) is 19.8 Å². The van der Waals surface area contributed by atoms with Crippen LogP contribution in [0.3, 0.4) is 0 Å². The lowest BCUT2D eigenvalue weighted by molar-refractivity contribution is -0.109. The minimum Gasteiger partial charge on any atom is -0.378 e. The zero-order chi connectivity index (χ0) is 6.97. The van der Waals surface area contributed by atoms with E-state index < -0.39 is 0 Å². The Morgan fingerprint density at radius 1 is 1.50 bits per heavy atom. The minimum absolute atomic E-state index is 0.777. The molecule has 2 fully saturated rings. The maximum atomic E-state index is 5.14. The zero-order valence-corrected chi connectivity index (χ0v) is 6.55. The molecule has 0 amide bonds. The highest BCUT2D eigenvalue weighted by Gasteiger charge is 2.35. The molecule has 0 aromatic heterocycles. The Balaban J connectivity index is 1.81. The highest BCUT2D eigenvalue weighted by atomic mass is 16.5. The fourth-order valence-corrected chi connectivity index (χ4v) is 1.79. The smallest absolute Gasteiger partial charge is 0.0645 e. The molecule has 1 atom stereocenters. The van der Waals surface area contributed by atoms with Crippen LogP contribution in [0.1, 0.15) is 19.8 Å². The molecule has 2 rings (SSSR count). The predicted octanol–water partition coefficient (Wildman–Crippen LogP) is 0.869. The summed E-state index contributed by atoms with van der Waals surface area (Å²) in [7, 11) is 0. The Morgan fingerprint density at radius 3 is 2.60 bits per heavy atom. The lowest BCUT2D eigenvalue weighted by atomic mass is 9.97. The SMILES string of the molecule is CCC1CCN1C1COC1. The van der Waals surface area contributed by atoms with Crippen molar-refractivity contribution in [1.29, 1.82) is 0 Å². The molecule has 58 valence electrons. The van der Waals surface area contributed by atoms with Crippen molar-refractivity contribution in [2.24, 2.45) is 0 Å². The van der Waals surface area contributed by atoms with Crippen LogP contribution in [0.2, 0.25) is 0 Å². The molecule has 2 heterocycles. The van der Waals surface area contributed by atoms with Gasteiger partial charge in [0.25, 0.3) is 0 Å². The Labute approximate surface area is 62.2 Å². The number of likely N-dealkylation sites (tertiary alicyclic amines) is 1. The summed E-state index contributed by atoms with van der Waals surface area (Å²) in [5, 5.41) is 0. The van der Waals surface area contributed by atoms with Gasteiger partial charge in [0.15, 0.2) is 0 Å². The van der Waals surface area contributed by atoms with Crippen LogP contribution in [-0.2, 0) is 4.74 Å². The summed E-state index contributed by atoms with van der Waals surface area (Å²) in [5.74, 6) is 0. The number of nitrogens with zero attached hydrogens (tertiary/aromatic N) is 1. The third-order valence-corrected chi connectivity index (χ3v) is 2.75. The average molecular weight is 141 g/mol. The summed E-state index contributed by atoms with van der Waals surface area (Å²) in [6, 6.07) is 1.66. The second kappa shape index (κ2) is 2.51. The van der Waals surface area contributed by atoms with Gasteiger partial charge in [-0.2, -0.15) is 0 Å². The maximum absolute atomic E-state index is 5.14. The monoisotopic (exact) mass is 141 g/mol. The van der Waals surface area contributed by atoms with E-state index in [1.165, 1.54) is 19.4 Å². The summed E-state index contributed by atoms with van der Waals surface area (Å²) in [4.78, 5) is 2.59. The van der Waals surface area contributed by atoms with Crippen LogP contribution >= 0.6 is 0 Å². The van der Waals surface area contributed by atoms with Crippen LogP contribution in [0, 0.1) is 0 Å². The van der Waals surface area contributed by atoms with Crippen molar-refractivity contribution in [3.8, 4) is 0 Å². The number of hydrogen-bond donors (Lipinski definition) is 0. The van der Waals surface area contributed by atoms with Gasteiger partial charge < -0.3 is 4.74 Å². The number of rotatable bonds is 2. The topological polar surface area (TPSA) is 12.5 Å². The van der Waals surface area contributed by atoms with Crippen molar-refractivity contribution < 1.29 is 4.74 Å². The number of ether oxygens (including phenoxy) is 1. The van der Waals surface area contributed by atoms with Crippen molar-refractivity contribution in [1.82, 2.24) is 4.90 Å². The molecule has 1 unspecified atom stereocenters. The minimum atomic E-state index is 0.777. The molecule has 10 heavy (non-hydrogen) atoms. The van der Waals surface area contributed by atoms with Gasteiger partial charge in [-0.15, -0.1) is 0 Å². The van der Waals surface area contributed by atoms with Crippen LogP contribution in [-0.4, -0.2) is 36.7 Å². The zero-order valence-electron chi connectivity index (χ0n) is 6.55. The third kappa shape index (κ3) is 0.867. The van der Waals surface area contributed by atoms with Gasteiger partial charge in [-0.1, -0.05) is 6.92 Å². The van der Waals surface area contributed by atoms with Crippen LogP contribution in [0.15, 0.2) is 0 Å². The largest absolute Gasteiger partial charge is 0.378 e. The molecule has 0 aromatic carbocycles. The molecule has 0 saturated carbocycles. The first-order valence-corrected chi connectivity index (χ1v) is 4.25. The molecule has 0 N–H and O–H groups in total. The Hall–Kier alpha value is -0.0800. The van der Waals surface area contributed by atoms with Gasteiger partial charge in [0, 0.05) is 12.6 Å². The Bertz CT molecular complexity index is 112. The van der Waals surface area contributed by atoms with E-state index in [4.69, 9.17) is 4.74 Å². The van der Waals surface area contributed by atoms with Crippen molar-refractivity contribution >= 4 is 0 Å². The molecule has 0 bridgehead atoms. The van der Waals surface area contributed by atoms with Gasteiger partial charge in [0.05, 0.1) is 19.3 Å². The molecular formula is C8H15NO. The fraction of sp³-hybridized carbons (Fsp3) is 1.00. The van der Waals surface area contributed by atoms with E-state index in [2.05, 4.69) is 11.8 Å². The van der Waals surface area contributed by atoms with E-state index in [9.17, 15) is 0 Å². The molecule has 2 aliphatic rings. The van der Waals surface area contributed by atoms with Gasteiger partial charge in [-0.05, 0) is 12.8 Å². The first-order valence-electron chi connectivity index (χ1n) is 4.25. The van der Waals surface area contributed by atoms with Gasteiger partial charge >= 0.3 is 0 Å². The van der Waals surface area contributed by atoms with Crippen LogP contribution in [0.5, 0.6) is 0 Å². The Morgan fingerprint density at radius 2 is 2.30 bits per heavy atom. The molecule has 0 spiro atoms. The molecule has 0 aromatic rings. The molecule has 2 heteroatoms. The summed E-state index contributed by atoms with van der Waals surface area (Å²) < 4.78 is 5.14. The molecular weight excluding hydrogens is 126 g/mol. The van der Waals surface area contributed by atoms with Gasteiger partial charge in [-0.25, -0.2) is 0 Å². The van der Waals surface area contributed by atoms with E-state index in [0.29, 0.717) is 0 Å². The van der Waals surface area contributed by atoms with Gasteiger partial charge in [0.2, 0.25) is 0 Å². The summed E-state index contributed by atoms with van der Waals surface area (Å²) >= 11 is 0. The second-order valence-corrected chi connectivity index (χ2v) is 3.28. The molecule has 2 aliphatic heterocycles. The van der Waals surface area contributed by atoms with Crippen molar-refractivity contribution in [2.45, 2.75) is 31.8 Å². The number of hydrogen-bond acceptors (Lipinski definition) is 2.